The average Bonchev–Trinajstić information content (AvgIpc) is 2.61. The maximum atomic E-state index is 12.5. The first-order valence-electron chi connectivity index (χ1n) is 7.07. The summed E-state index contributed by atoms with van der Waals surface area (Å²) < 4.78 is 0. The van der Waals surface area contributed by atoms with Crippen molar-refractivity contribution in [3.8, 4) is 0 Å². The van der Waals surface area contributed by atoms with Crippen LogP contribution in [0.5, 0.6) is 0 Å². The number of fused-ring (bicyclic) bond motifs is 1. The topological polar surface area (TPSA) is 63.2 Å². The quantitative estimate of drug-likeness (QED) is 0.747. The van der Waals surface area contributed by atoms with Crippen LogP contribution in [0, 0.1) is 0 Å². The molecule has 0 aromatic heterocycles. The van der Waals surface area contributed by atoms with Crippen LogP contribution < -0.4 is 5.32 Å². The maximum absolute atomic E-state index is 12.5. The summed E-state index contributed by atoms with van der Waals surface area (Å²) in [4.78, 5) is 35.4. The first kappa shape index (κ1) is 14.7. The van der Waals surface area contributed by atoms with Crippen LogP contribution in [0.25, 0.3) is 10.8 Å². The fourth-order valence-electron chi connectivity index (χ4n) is 2.56. The number of hydrogen-bond donors (Lipinski definition) is 1. The molecule has 0 saturated heterocycles. The molecule has 0 heterocycles. The van der Waals surface area contributed by atoms with Gasteiger partial charge >= 0.3 is 0 Å². The van der Waals surface area contributed by atoms with Crippen molar-refractivity contribution in [3.05, 3.63) is 77.4 Å². The number of aldehydes is 2. The van der Waals surface area contributed by atoms with Crippen molar-refractivity contribution in [1.29, 1.82) is 0 Å². The number of hydrogen-bond acceptors (Lipinski definition) is 3. The highest BCUT2D eigenvalue weighted by atomic mass is 16.2. The number of carbonyl (C=O) groups excluding carboxylic acids is 3. The van der Waals surface area contributed by atoms with Gasteiger partial charge in [0.25, 0.3) is 5.91 Å². The summed E-state index contributed by atoms with van der Waals surface area (Å²) in [6.45, 7) is 0. The zero-order valence-electron chi connectivity index (χ0n) is 12.2. The van der Waals surface area contributed by atoms with Crippen molar-refractivity contribution in [2.24, 2.45) is 0 Å². The number of rotatable bonds is 4. The first-order chi connectivity index (χ1) is 11.2. The van der Waals surface area contributed by atoms with E-state index in [9.17, 15) is 14.4 Å². The Bertz CT molecular complexity index is 901. The molecule has 0 aliphatic heterocycles. The minimum Gasteiger partial charge on any atom is -0.322 e. The fourth-order valence-corrected chi connectivity index (χ4v) is 2.56. The Morgan fingerprint density at radius 2 is 1.48 bits per heavy atom. The van der Waals surface area contributed by atoms with Gasteiger partial charge in [0.05, 0.1) is 5.56 Å². The van der Waals surface area contributed by atoms with Crippen molar-refractivity contribution < 1.29 is 14.4 Å². The highest BCUT2D eigenvalue weighted by molar-refractivity contribution is 6.16. The van der Waals surface area contributed by atoms with Crippen LogP contribution in [0.2, 0.25) is 0 Å². The van der Waals surface area contributed by atoms with Crippen molar-refractivity contribution in [2.75, 3.05) is 5.32 Å². The summed E-state index contributed by atoms with van der Waals surface area (Å²) in [7, 11) is 0. The summed E-state index contributed by atoms with van der Waals surface area (Å²) >= 11 is 0. The molecule has 0 atom stereocenters. The smallest absolute Gasteiger partial charge is 0.256 e. The lowest BCUT2D eigenvalue weighted by Crippen LogP contribution is -2.15. The van der Waals surface area contributed by atoms with E-state index in [1.165, 1.54) is 6.07 Å². The van der Waals surface area contributed by atoms with Crippen LogP contribution >= 0.6 is 0 Å². The molecule has 0 aliphatic carbocycles. The third kappa shape index (κ3) is 2.74. The zero-order valence-corrected chi connectivity index (χ0v) is 12.2. The van der Waals surface area contributed by atoms with Crippen LogP contribution in [0.3, 0.4) is 0 Å². The Hall–Kier alpha value is -3.27. The summed E-state index contributed by atoms with van der Waals surface area (Å²) in [5.74, 6) is -0.424. The van der Waals surface area contributed by atoms with E-state index in [4.69, 9.17) is 0 Å². The number of nitrogens with one attached hydrogen (secondary N) is 1. The predicted molar refractivity (Wildman–Crippen MR) is 89.1 cm³/mol. The Labute approximate surface area is 132 Å². The normalized spacial score (nSPS) is 10.3. The molecular weight excluding hydrogens is 290 g/mol. The molecule has 23 heavy (non-hydrogen) atoms. The van der Waals surface area contributed by atoms with Gasteiger partial charge in [-0.25, -0.2) is 0 Å². The van der Waals surface area contributed by atoms with Gasteiger partial charge < -0.3 is 5.32 Å². The Balaban J connectivity index is 2.14. The molecule has 1 amide bonds. The Morgan fingerprint density at radius 3 is 2.13 bits per heavy atom. The maximum Gasteiger partial charge on any atom is 0.256 e. The van der Waals surface area contributed by atoms with Gasteiger partial charge in [-0.1, -0.05) is 42.5 Å². The molecule has 1 N–H and O–H groups in total. The summed E-state index contributed by atoms with van der Waals surface area (Å²) in [6.07, 6.45) is 1.34. The largest absolute Gasteiger partial charge is 0.322 e. The zero-order chi connectivity index (χ0) is 16.2. The van der Waals surface area contributed by atoms with E-state index < -0.39 is 5.91 Å². The second-order valence-electron chi connectivity index (χ2n) is 5.03. The van der Waals surface area contributed by atoms with Crippen molar-refractivity contribution >= 4 is 34.9 Å². The number of carbonyl (C=O) groups is 3. The number of amides is 1. The van der Waals surface area contributed by atoms with Gasteiger partial charge in [-0.05, 0) is 29.0 Å². The van der Waals surface area contributed by atoms with Crippen LogP contribution in [-0.2, 0) is 0 Å². The van der Waals surface area contributed by atoms with E-state index in [2.05, 4.69) is 5.32 Å². The number of para-hydroxylation sites is 1. The van der Waals surface area contributed by atoms with E-state index in [0.29, 0.717) is 34.6 Å². The predicted octanol–water partition coefficient (Wildman–Crippen LogP) is 3.72. The Morgan fingerprint density at radius 1 is 0.826 bits per heavy atom. The molecule has 0 radical (unpaired) electrons. The highest BCUT2D eigenvalue weighted by Gasteiger charge is 2.17. The van der Waals surface area contributed by atoms with E-state index in [0.717, 1.165) is 0 Å². The fraction of sp³-hybridized carbons (Fsp3) is 0. The summed E-state index contributed by atoms with van der Waals surface area (Å²) in [5, 5.41) is 3.98. The number of anilines is 1. The van der Waals surface area contributed by atoms with Crippen LogP contribution in [-0.4, -0.2) is 18.5 Å². The minimum atomic E-state index is -0.424. The van der Waals surface area contributed by atoms with Gasteiger partial charge in [-0.15, -0.1) is 0 Å². The standard InChI is InChI=1S/C19H13NO3/c21-11-13-10-17(19(23)20-14-6-2-1-3-7-14)18(12-22)16-9-5-4-8-15(13)16/h1-12H,(H,20,23). The van der Waals surface area contributed by atoms with Crippen molar-refractivity contribution in [1.82, 2.24) is 0 Å². The third-order valence-electron chi connectivity index (χ3n) is 3.64. The summed E-state index contributed by atoms with van der Waals surface area (Å²) in [6, 6.07) is 17.4. The lowest BCUT2D eigenvalue weighted by Gasteiger charge is -2.11. The average molecular weight is 303 g/mol. The SMILES string of the molecule is O=Cc1cc(C(=O)Nc2ccccc2)c(C=O)c2ccccc12. The molecule has 0 saturated carbocycles. The molecule has 3 aromatic carbocycles. The second-order valence-corrected chi connectivity index (χ2v) is 5.03. The molecule has 0 aliphatic rings. The number of benzene rings is 3. The van der Waals surface area contributed by atoms with E-state index in [1.807, 2.05) is 6.07 Å². The molecule has 4 heteroatoms. The first-order valence-corrected chi connectivity index (χ1v) is 7.07. The van der Waals surface area contributed by atoms with Gasteiger partial charge in [0.1, 0.15) is 0 Å². The summed E-state index contributed by atoms with van der Waals surface area (Å²) in [5.41, 5.74) is 1.46. The van der Waals surface area contributed by atoms with E-state index >= 15 is 0 Å². The molecule has 4 nitrogen and oxygen atoms in total. The molecule has 112 valence electrons. The highest BCUT2D eigenvalue weighted by Crippen LogP contribution is 2.25. The molecular formula is C19H13NO3. The third-order valence-corrected chi connectivity index (χ3v) is 3.64. The second kappa shape index (κ2) is 6.23. The Kier molecular flexibility index (Phi) is 3.97. The van der Waals surface area contributed by atoms with Gasteiger partial charge in [0.15, 0.2) is 12.6 Å². The van der Waals surface area contributed by atoms with E-state index in [-0.39, 0.29) is 11.1 Å². The molecule has 3 aromatic rings. The van der Waals surface area contributed by atoms with Gasteiger partial charge in [0.2, 0.25) is 0 Å². The van der Waals surface area contributed by atoms with Crippen LogP contribution in [0.4, 0.5) is 5.69 Å². The van der Waals surface area contributed by atoms with Gasteiger partial charge in [-0.3, -0.25) is 14.4 Å². The molecule has 0 spiro atoms. The van der Waals surface area contributed by atoms with Crippen molar-refractivity contribution in [2.45, 2.75) is 0 Å². The molecule has 0 bridgehead atoms. The molecule has 3 rings (SSSR count). The minimum absolute atomic E-state index is 0.185. The van der Waals surface area contributed by atoms with E-state index in [1.54, 1.807) is 48.5 Å². The molecule has 0 unspecified atom stereocenters. The lowest BCUT2D eigenvalue weighted by atomic mass is 9.95. The monoisotopic (exact) mass is 303 g/mol. The van der Waals surface area contributed by atoms with Crippen LogP contribution in [0.15, 0.2) is 60.7 Å². The molecule has 0 fully saturated rings. The lowest BCUT2D eigenvalue weighted by molar-refractivity contribution is 0.101. The van der Waals surface area contributed by atoms with Crippen molar-refractivity contribution in [3.63, 3.8) is 0 Å². The van der Waals surface area contributed by atoms with Gasteiger partial charge in [-0.2, -0.15) is 0 Å². The van der Waals surface area contributed by atoms with Crippen LogP contribution in [0.1, 0.15) is 31.1 Å². The van der Waals surface area contributed by atoms with Gasteiger partial charge in [0, 0.05) is 16.8 Å².